The van der Waals surface area contributed by atoms with Crippen molar-refractivity contribution in [2.75, 3.05) is 0 Å². The standard InChI is InChI=1S/C12H13BrN2O/c1-9-6-14-15(7-9)8-12(16)10-2-4-11(13)5-3-10/h2-7,12,16H,8H2,1H3. The van der Waals surface area contributed by atoms with E-state index in [4.69, 9.17) is 0 Å². The maximum absolute atomic E-state index is 10.00. The van der Waals surface area contributed by atoms with E-state index < -0.39 is 6.10 Å². The van der Waals surface area contributed by atoms with Crippen LogP contribution < -0.4 is 0 Å². The van der Waals surface area contributed by atoms with Crippen LogP contribution in [0, 0.1) is 6.92 Å². The number of aliphatic hydroxyl groups is 1. The largest absolute Gasteiger partial charge is 0.386 e. The SMILES string of the molecule is Cc1cnn(CC(O)c2ccc(Br)cc2)c1. The first-order chi connectivity index (χ1) is 7.65. The topological polar surface area (TPSA) is 38.0 Å². The fourth-order valence-corrected chi connectivity index (χ4v) is 1.80. The van der Waals surface area contributed by atoms with Gasteiger partial charge in [0.15, 0.2) is 0 Å². The number of aryl methyl sites for hydroxylation is 1. The van der Waals surface area contributed by atoms with E-state index in [1.165, 1.54) is 0 Å². The predicted molar refractivity (Wildman–Crippen MR) is 66.1 cm³/mol. The summed E-state index contributed by atoms with van der Waals surface area (Å²) in [6.45, 7) is 2.46. The lowest BCUT2D eigenvalue weighted by Gasteiger charge is -2.11. The zero-order valence-corrected chi connectivity index (χ0v) is 10.6. The third kappa shape index (κ3) is 2.71. The summed E-state index contributed by atoms with van der Waals surface area (Å²) in [6.07, 6.45) is 3.18. The number of halogens is 1. The van der Waals surface area contributed by atoms with E-state index in [2.05, 4.69) is 21.0 Å². The van der Waals surface area contributed by atoms with Crippen molar-refractivity contribution in [3.05, 3.63) is 52.3 Å². The van der Waals surface area contributed by atoms with Crippen molar-refractivity contribution in [1.29, 1.82) is 0 Å². The van der Waals surface area contributed by atoms with Crippen molar-refractivity contribution in [3.63, 3.8) is 0 Å². The minimum atomic E-state index is -0.521. The smallest absolute Gasteiger partial charge is 0.0985 e. The average Bonchev–Trinajstić information content (AvgIpc) is 2.65. The number of benzene rings is 1. The quantitative estimate of drug-likeness (QED) is 0.939. The van der Waals surface area contributed by atoms with E-state index in [0.29, 0.717) is 6.54 Å². The van der Waals surface area contributed by atoms with Crippen molar-refractivity contribution in [1.82, 2.24) is 9.78 Å². The molecule has 1 unspecified atom stereocenters. The van der Waals surface area contributed by atoms with Gasteiger partial charge in [-0.1, -0.05) is 28.1 Å². The molecule has 1 atom stereocenters. The van der Waals surface area contributed by atoms with Crippen LogP contribution in [-0.2, 0) is 6.54 Å². The van der Waals surface area contributed by atoms with Gasteiger partial charge in [0.2, 0.25) is 0 Å². The highest BCUT2D eigenvalue weighted by molar-refractivity contribution is 9.10. The number of hydrogen-bond donors (Lipinski definition) is 1. The second-order valence-electron chi connectivity index (χ2n) is 3.81. The van der Waals surface area contributed by atoms with E-state index in [0.717, 1.165) is 15.6 Å². The molecule has 2 aromatic rings. The summed E-state index contributed by atoms with van der Waals surface area (Å²) in [4.78, 5) is 0. The molecular weight excluding hydrogens is 268 g/mol. The van der Waals surface area contributed by atoms with Crippen LogP contribution in [0.25, 0.3) is 0 Å². The summed E-state index contributed by atoms with van der Waals surface area (Å²) in [5.41, 5.74) is 2.00. The van der Waals surface area contributed by atoms with Gasteiger partial charge in [-0.3, -0.25) is 4.68 Å². The monoisotopic (exact) mass is 280 g/mol. The Balaban J connectivity index is 2.08. The van der Waals surface area contributed by atoms with E-state index in [9.17, 15) is 5.11 Å². The van der Waals surface area contributed by atoms with Crippen LogP contribution in [0.5, 0.6) is 0 Å². The molecule has 84 valence electrons. The summed E-state index contributed by atoms with van der Waals surface area (Å²) in [5, 5.41) is 14.1. The van der Waals surface area contributed by atoms with Crippen molar-refractivity contribution < 1.29 is 5.11 Å². The van der Waals surface area contributed by atoms with Crippen molar-refractivity contribution in [3.8, 4) is 0 Å². The molecule has 2 rings (SSSR count). The first-order valence-electron chi connectivity index (χ1n) is 5.08. The Bertz CT molecular complexity index is 464. The number of hydrogen-bond acceptors (Lipinski definition) is 2. The molecule has 0 radical (unpaired) electrons. The van der Waals surface area contributed by atoms with Gasteiger partial charge in [0.05, 0.1) is 18.8 Å². The molecule has 0 amide bonds. The van der Waals surface area contributed by atoms with E-state index in [1.54, 1.807) is 10.9 Å². The third-order valence-corrected chi connectivity index (χ3v) is 2.91. The lowest BCUT2D eigenvalue weighted by molar-refractivity contribution is 0.151. The second-order valence-corrected chi connectivity index (χ2v) is 4.72. The molecule has 0 aliphatic rings. The molecule has 0 aliphatic heterocycles. The van der Waals surface area contributed by atoms with E-state index in [-0.39, 0.29) is 0 Å². The van der Waals surface area contributed by atoms with Crippen molar-refractivity contribution in [2.24, 2.45) is 0 Å². The Hall–Kier alpha value is -1.13. The van der Waals surface area contributed by atoms with Crippen LogP contribution in [0.1, 0.15) is 17.2 Å². The van der Waals surface area contributed by atoms with Gasteiger partial charge in [-0.05, 0) is 30.2 Å². The van der Waals surface area contributed by atoms with Crippen molar-refractivity contribution >= 4 is 15.9 Å². The van der Waals surface area contributed by atoms with Crippen molar-refractivity contribution in [2.45, 2.75) is 19.6 Å². The molecule has 3 nitrogen and oxygen atoms in total. The molecule has 1 aromatic carbocycles. The normalized spacial score (nSPS) is 12.7. The van der Waals surface area contributed by atoms with Crippen LogP contribution in [0.4, 0.5) is 0 Å². The zero-order valence-electron chi connectivity index (χ0n) is 8.97. The Morgan fingerprint density at radius 3 is 2.62 bits per heavy atom. The highest BCUT2D eigenvalue weighted by atomic mass is 79.9. The van der Waals surface area contributed by atoms with Gasteiger partial charge in [0.1, 0.15) is 0 Å². The minimum Gasteiger partial charge on any atom is -0.386 e. The van der Waals surface area contributed by atoms with Crippen LogP contribution in [0.2, 0.25) is 0 Å². The number of aromatic nitrogens is 2. The Morgan fingerprint density at radius 2 is 2.06 bits per heavy atom. The summed E-state index contributed by atoms with van der Waals surface area (Å²) < 4.78 is 2.76. The lowest BCUT2D eigenvalue weighted by Crippen LogP contribution is -2.08. The highest BCUT2D eigenvalue weighted by Crippen LogP contribution is 2.18. The molecule has 0 saturated carbocycles. The summed E-state index contributed by atoms with van der Waals surface area (Å²) in [6, 6.07) is 7.66. The molecule has 16 heavy (non-hydrogen) atoms. The Labute approximate surface area is 103 Å². The first kappa shape index (κ1) is 11.4. The Kier molecular flexibility index (Phi) is 3.41. The highest BCUT2D eigenvalue weighted by Gasteiger charge is 2.08. The van der Waals surface area contributed by atoms with Gasteiger partial charge >= 0.3 is 0 Å². The van der Waals surface area contributed by atoms with E-state index in [1.807, 2.05) is 37.4 Å². The molecule has 1 aromatic heterocycles. The zero-order chi connectivity index (χ0) is 11.5. The number of nitrogens with zero attached hydrogens (tertiary/aromatic N) is 2. The third-order valence-electron chi connectivity index (χ3n) is 2.38. The molecule has 1 heterocycles. The van der Waals surface area contributed by atoms with Crippen LogP contribution in [0.3, 0.4) is 0 Å². The first-order valence-corrected chi connectivity index (χ1v) is 5.87. The number of aliphatic hydroxyl groups excluding tert-OH is 1. The lowest BCUT2D eigenvalue weighted by atomic mass is 10.1. The second kappa shape index (κ2) is 4.80. The summed E-state index contributed by atoms with van der Waals surface area (Å²) in [7, 11) is 0. The fourth-order valence-electron chi connectivity index (χ4n) is 1.53. The Morgan fingerprint density at radius 1 is 1.38 bits per heavy atom. The molecule has 0 bridgehead atoms. The van der Waals surface area contributed by atoms with Gasteiger partial charge in [0, 0.05) is 10.7 Å². The minimum absolute atomic E-state index is 0.482. The summed E-state index contributed by atoms with van der Waals surface area (Å²) >= 11 is 3.37. The van der Waals surface area contributed by atoms with E-state index >= 15 is 0 Å². The molecule has 4 heteroatoms. The predicted octanol–water partition coefficient (Wildman–Crippen LogP) is 2.69. The maximum Gasteiger partial charge on any atom is 0.0985 e. The van der Waals surface area contributed by atoms with Gasteiger partial charge in [-0.2, -0.15) is 5.10 Å². The van der Waals surface area contributed by atoms with Crippen LogP contribution in [-0.4, -0.2) is 14.9 Å². The number of rotatable bonds is 3. The molecule has 0 spiro atoms. The van der Waals surface area contributed by atoms with Crippen LogP contribution >= 0.6 is 15.9 Å². The molecule has 0 fully saturated rings. The van der Waals surface area contributed by atoms with Gasteiger partial charge < -0.3 is 5.11 Å². The average molecular weight is 281 g/mol. The molecular formula is C12H13BrN2O. The van der Waals surface area contributed by atoms with Gasteiger partial charge in [-0.15, -0.1) is 0 Å². The molecule has 1 N–H and O–H groups in total. The maximum atomic E-state index is 10.00. The fraction of sp³-hybridized carbons (Fsp3) is 0.250. The van der Waals surface area contributed by atoms with Crippen LogP contribution in [0.15, 0.2) is 41.1 Å². The van der Waals surface area contributed by atoms with Gasteiger partial charge in [0.25, 0.3) is 0 Å². The molecule has 0 aliphatic carbocycles. The molecule has 0 saturated heterocycles. The van der Waals surface area contributed by atoms with Gasteiger partial charge in [-0.25, -0.2) is 0 Å². The summed E-state index contributed by atoms with van der Waals surface area (Å²) in [5.74, 6) is 0.